The highest BCUT2D eigenvalue weighted by molar-refractivity contribution is 5.59. The van der Waals surface area contributed by atoms with Crippen molar-refractivity contribution < 1.29 is 4.74 Å². The summed E-state index contributed by atoms with van der Waals surface area (Å²) in [5, 5.41) is 12.4. The van der Waals surface area contributed by atoms with Gasteiger partial charge in [-0.1, -0.05) is 6.07 Å². The molecular formula is C13H16N2O. The molecule has 0 amide bonds. The summed E-state index contributed by atoms with van der Waals surface area (Å²) in [5.74, 6) is 0. The lowest BCUT2D eigenvalue weighted by Gasteiger charge is -2.35. The average molecular weight is 216 g/mol. The Morgan fingerprint density at radius 1 is 1.44 bits per heavy atom. The molecule has 0 radical (unpaired) electrons. The number of anilines is 1. The first kappa shape index (κ1) is 11.0. The minimum atomic E-state index is 0.383. The number of benzene rings is 1. The van der Waals surface area contributed by atoms with Crippen molar-refractivity contribution in [3.63, 3.8) is 0 Å². The molecule has 0 aromatic heterocycles. The van der Waals surface area contributed by atoms with Crippen molar-refractivity contribution in [3.8, 4) is 6.07 Å². The Morgan fingerprint density at radius 3 is 2.81 bits per heavy atom. The van der Waals surface area contributed by atoms with Gasteiger partial charge >= 0.3 is 0 Å². The van der Waals surface area contributed by atoms with Gasteiger partial charge in [0.2, 0.25) is 0 Å². The fourth-order valence-electron chi connectivity index (χ4n) is 1.97. The third-order valence-corrected chi connectivity index (χ3v) is 3.08. The highest BCUT2D eigenvalue weighted by Crippen LogP contribution is 2.27. The molecule has 0 saturated heterocycles. The Morgan fingerprint density at radius 2 is 2.19 bits per heavy atom. The third kappa shape index (κ3) is 2.17. The molecule has 16 heavy (non-hydrogen) atoms. The number of hydrogen-bond acceptors (Lipinski definition) is 3. The summed E-state index contributed by atoms with van der Waals surface area (Å²) >= 11 is 0. The minimum Gasteiger partial charge on any atom is -0.381 e. The first-order valence-corrected chi connectivity index (χ1v) is 5.53. The molecule has 0 aliphatic heterocycles. The molecule has 0 bridgehead atoms. The van der Waals surface area contributed by atoms with Crippen LogP contribution in [-0.2, 0) is 4.74 Å². The van der Waals surface area contributed by atoms with Gasteiger partial charge in [0, 0.05) is 13.2 Å². The first-order chi connectivity index (χ1) is 7.72. The molecule has 0 spiro atoms. The van der Waals surface area contributed by atoms with Crippen LogP contribution in [0.4, 0.5) is 5.69 Å². The molecule has 0 heterocycles. The van der Waals surface area contributed by atoms with E-state index >= 15 is 0 Å². The van der Waals surface area contributed by atoms with Crippen LogP contribution < -0.4 is 5.32 Å². The molecule has 1 N–H and O–H groups in total. The van der Waals surface area contributed by atoms with Crippen LogP contribution in [0.2, 0.25) is 0 Å². The SMILES string of the molecule is COC1CC(Nc2ccc(C)cc2C#N)C1. The van der Waals surface area contributed by atoms with Crippen LogP contribution in [0.25, 0.3) is 0 Å². The number of nitrogens with zero attached hydrogens (tertiary/aromatic N) is 1. The molecule has 1 fully saturated rings. The van der Waals surface area contributed by atoms with Gasteiger partial charge in [0.25, 0.3) is 0 Å². The summed E-state index contributed by atoms with van der Waals surface area (Å²) in [6.45, 7) is 1.99. The van der Waals surface area contributed by atoms with Gasteiger partial charge < -0.3 is 10.1 Å². The summed E-state index contributed by atoms with van der Waals surface area (Å²) in [4.78, 5) is 0. The van der Waals surface area contributed by atoms with E-state index in [1.165, 1.54) is 0 Å². The van der Waals surface area contributed by atoms with Gasteiger partial charge in [0.15, 0.2) is 0 Å². The van der Waals surface area contributed by atoms with E-state index in [1.54, 1.807) is 7.11 Å². The fourth-order valence-corrected chi connectivity index (χ4v) is 1.97. The van der Waals surface area contributed by atoms with Crippen LogP contribution in [-0.4, -0.2) is 19.3 Å². The van der Waals surface area contributed by atoms with E-state index in [1.807, 2.05) is 25.1 Å². The van der Waals surface area contributed by atoms with E-state index in [0.29, 0.717) is 12.1 Å². The predicted octanol–water partition coefficient (Wildman–Crippen LogP) is 2.46. The van der Waals surface area contributed by atoms with Gasteiger partial charge in [-0.2, -0.15) is 5.26 Å². The monoisotopic (exact) mass is 216 g/mol. The number of rotatable bonds is 3. The lowest BCUT2D eigenvalue weighted by atomic mass is 9.89. The van der Waals surface area contributed by atoms with Gasteiger partial charge in [0.05, 0.1) is 17.4 Å². The smallest absolute Gasteiger partial charge is 0.101 e. The molecule has 3 nitrogen and oxygen atoms in total. The van der Waals surface area contributed by atoms with Gasteiger partial charge in [-0.3, -0.25) is 0 Å². The second kappa shape index (κ2) is 4.54. The summed E-state index contributed by atoms with van der Waals surface area (Å²) < 4.78 is 5.22. The molecule has 1 saturated carbocycles. The molecule has 0 unspecified atom stereocenters. The summed E-state index contributed by atoms with van der Waals surface area (Å²) in [6.07, 6.45) is 2.43. The number of aryl methyl sites for hydroxylation is 1. The van der Waals surface area contributed by atoms with E-state index in [4.69, 9.17) is 10.00 Å². The zero-order valence-corrected chi connectivity index (χ0v) is 9.66. The number of hydrogen-bond donors (Lipinski definition) is 1. The Kier molecular flexibility index (Phi) is 3.12. The molecule has 1 aromatic carbocycles. The van der Waals surface area contributed by atoms with Gasteiger partial charge in [-0.05, 0) is 37.5 Å². The molecule has 2 rings (SSSR count). The van der Waals surface area contributed by atoms with Crippen LogP contribution >= 0.6 is 0 Å². The number of nitrogens with one attached hydrogen (secondary N) is 1. The molecule has 1 aliphatic rings. The Labute approximate surface area is 96.0 Å². The highest BCUT2D eigenvalue weighted by Gasteiger charge is 2.29. The minimum absolute atomic E-state index is 0.383. The number of nitriles is 1. The lowest BCUT2D eigenvalue weighted by Crippen LogP contribution is -2.40. The highest BCUT2D eigenvalue weighted by atomic mass is 16.5. The van der Waals surface area contributed by atoms with E-state index in [-0.39, 0.29) is 0 Å². The van der Waals surface area contributed by atoms with E-state index in [0.717, 1.165) is 29.7 Å². The molecular weight excluding hydrogens is 200 g/mol. The van der Waals surface area contributed by atoms with Crippen molar-refractivity contribution in [3.05, 3.63) is 29.3 Å². The largest absolute Gasteiger partial charge is 0.381 e. The van der Waals surface area contributed by atoms with Gasteiger partial charge in [0.1, 0.15) is 6.07 Å². The molecule has 1 aromatic rings. The maximum Gasteiger partial charge on any atom is 0.101 e. The Hall–Kier alpha value is -1.53. The third-order valence-electron chi connectivity index (χ3n) is 3.08. The van der Waals surface area contributed by atoms with Crippen LogP contribution in [0.15, 0.2) is 18.2 Å². The molecule has 0 atom stereocenters. The quantitative estimate of drug-likeness (QED) is 0.844. The fraction of sp³-hybridized carbons (Fsp3) is 0.462. The lowest BCUT2D eigenvalue weighted by molar-refractivity contribution is 0.0328. The first-order valence-electron chi connectivity index (χ1n) is 5.53. The van der Waals surface area contributed by atoms with Crippen LogP contribution in [0.1, 0.15) is 24.0 Å². The standard InChI is InChI=1S/C13H16N2O/c1-9-3-4-13(10(5-9)8-14)15-11-6-12(7-11)16-2/h3-5,11-12,15H,6-7H2,1-2H3. The second-order valence-electron chi connectivity index (χ2n) is 4.33. The van der Waals surface area contributed by atoms with Crippen molar-refractivity contribution in [2.45, 2.75) is 31.9 Å². The Balaban J connectivity index is 2.03. The number of methoxy groups -OCH3 is 1. The van der Waals surface area contributed by atoms with Crippen molar-refractivity contribution in [1.29, 1.82) is 5.26 Å². The Bertz CT molecular complexity index is 416. The van der Waals surface area contributed by atoms with Crippen molar-refractivity contribution >= 4 is 5.69 Å². The van der Waals surface area contributed by atoms with E-state index < -0.39 is 0 Å². The number of ether oxygens (including phenoxy) is 1. The van der Waals surface area contributed by atoms with Gasteiger partial charge in [-0.15, -0.1) is 0 Å². The maximum atomic E-state index is 9.03. The normalized spacial score (nSPS) is 23.3. The van der Waals surface area contributed by atoms with Crippen LogP contribution in [0, 0.1) is 18.3 Å². The van der Waals surface area contributed by atoms with Gasteiger partial charge in [-0.25, -0.2) is 0 Å². The zero-order chi connectivity index (χ0) is 11.5. The molecule has 84 valence electrons. The van der Waals surface area contributed by atoms with Crippen LogP contribution in [0.3, 0.4) is 0 Å². The summed E-state index contributed by atoms with van der Waals surface area (Å²) in [5.41, 5.74) is 2.78. The second-order valence-corrected chi connectivity index (χ2v) is 4.33. The summed E-state index contributed by atoms with van der Waals surface area (Å²) in [6, 6.07) is 8.58. The summed E-state index contributed by atoms with van der Waals surface area (Å²) in [7, 11) is 1.74. The van der Waals surface area contributed by atoms with Crippen molar-refractivity contribution in [1.82, 2.24) is 0 Å². The average Bonchev–Trinajstić information content (AvgIpc) is 2.24. The zero-order valence-electron chi connectivity index (χ0n) is 9.66. The van der Waals surface area contributed by atoms with Crippen molar-refractivity contribution in [2.75, 3.05) is 12.4 Å². The topological polar surface area (TPSA) is 45.0 Å². The van der Waals surface area contributed by atoms with Crippen LogP contribution in [0.5, 0.6) is 0 Å². The van der Waals surface area contributed by atoms with E-state index in [2.05, 4.69) is 11.4 Å². The van der Waals surface area contributed by atoms with E-state index in [9.17, 15) is 0 Å². The van der Waals surface area contributed by atoms with Crippen molar-refractivity contribution in [2.24, 2.45) is 0 Å². The predicted molar refractivity (Wildman–Crippen MR) is 63.3 cm³/mol. The maximum absolute atomic E-state index is 9.03. The molecule has 3 heteroatoms. The molecule has 1 aliphatic carbocycles.